The van der Waals surface area contributed by atoms with Gasteiger partial charge in [0.2, 0.25) is 0 Å². The van der Waals surface area contributed by atoms with Crippen LogP contribution in [0.1, 0.15) is 5.56 Å². The van der Waals surface area contributed by atoms with Crippen LogP contribution >= 0.6 is 27.5 Å². The monoisotopic (exact) mass is 368 g/mol. The first-order valence-electron chi connectivity index (χ1n) is 6.10. The number of halogens is 2. The van der Waals surface area contributed by atoms with E-state index in [9.17, 15) is 0 Å². The summed E-state index contributed by atoms with van der Waals surface area (Å²) in [6, 6.07) is 11.0. The van der Waals surface area contributed by atoms with Crippen LogP contribution in [0.4, 0.5) is 5.69 Å². The number of hydrazone groups is 1. The molecule has 21 heavy (non-hydrogen) atoms. The van der Waals surface area contributed by atoms with Gasteiger partial charge in [0.05, 0.1) is 26.1 Å². The second-order valence-electron chi connectivity index (χ2n) is 4.11. The lowest BCUT2D eigenvalue weighted by Crippen LogP contribution is -1.95. The number of nitrogens with one attached hydrogen (secondary N) is 1. The maximum atomic E-state index is 5.83. The predicted octanol–water partition coefficient (Wildman–Crippen LogP) is 4.57. The minimum Gasteiger partial charge on any atom is -0.493 e. The number of benzene rings is 2. The van der Waals surface area contributed by atoms with Gasteiger partial charge in [-0.1, -0.05) is 11.6 Å². The van der Waals surface area contributed by atoms with Gasteiger partial charge in [0, 0.05) is 15.1 Å². The van der Waals surface area contributed by atoms with Gasteiger partial charge in [-0.2, -0.15) is 5.10 Å². The van der Waals surface area contributed by atoms with Gasteiger partial charge in [-0.15, -0.1) is 0 Å². The van der Waals surface area contributed by atoms with Gasteiger partial charge in [-0.3, -0.25) is 5.43 Å². The van der Waals surface area contributed by atoms with Gasteiger partial charge < -0.3 is 9.47 Å². The molecule has 0 saturated heterocycles. The summed E-state index contributed by atoms with van der Waals surface area (Å²) in [4.78, 5) is 0. The summed E-state index contributed by atoms with van der Waals surface area (Å²) >= 11 is 9.30. The quantitative estimate of drug-likeness (QED) is 0.620. The average Bonchev–Trinajstić information content (AvgIpc) is 2.50. The van der Waals surface area contributed by atoms with Crippen molar-refractivity contribution in [3.05, 3.63) is 51.5 Å². The number of rotatable bonds is 5. The molecule has 2 aromatic rings. The zero-order chi connectivity index (χ0) is 15.2. The Labute approximate surface area is 136 Å². The van der Waals surface area contributed by atoms with Crippen molar-refractivity contribution < 1.29 is 9.47 Å². The van der Waals surface area contributed by atoms with Crippen molar-refractivity contribution in [2.45, 2.75) is 0 Å². The Bertz CT molecular complexity index is 645. The molecule has 0 aliphatic rings. The highest BCUT2D eigenvalue weighted by molar-refractivity contribution is 9.10. The minimum atomic E-state index is 0.647. The van der Waals surface area contributed by atoms with Crippen LogP contribution in [0.3, 0.4) is 0 Å². The maximum Gasteiger partial charge on any atom is 0.161 e. The fraction of sp³-hybridized carbons (Fsp3) is 0.133. The van der Waals surface area contributed by atoms with Crippen LogP contribution in [-0.2, 0) is 0 Å². The number of nitrogens with zero attached hydrogens (tertiary/aromatic N) is 1. The predicted molar refractivity (Wildman–Crippen MR) is 89.9 cm³/mol. The Hall–Kier alpha value is -1.72. The maximum absolute atomic E-state index is 5.83. The lowest BCUT2D eigenvalue weighted by Gasteiger charge is -2.09. The second kappa shape index (κ2) is 7.33. The van der Waals surface area contributed by atoms with Crippen molar-refractivity contribution in [1.82, 2.24) is 0 Å². The number of hydrogen-bond donors (Lipinski definition) is 1. The number of anilines is 1. The molecule has 6 heteroatoms. The van der Waals surface area contributed by atoms with Gasteiger partial charge in [0.1, 0.15) is 0 Å². The Balaban J connectivity index is 2.15. The topological polar surface area (TPSA) is 42.8 Å². The molecule has 0 fully saturated rings. The second-order valence-corrected chi connectivity index (χ2v) is 5.40. The van der Waals surface area contributed by atoms with E-state index in [1.165, 1.54) is 0 Å². The molecule has 0 aromatic heterocycles. The molecule has 0 bridgehead atoms. The van der Waals surface area contributed by atoms with Crippen LogP contribution in [0.2, 0.25) is 5.02 Å². The van der Waals surface area contributed by atoms with Crippen LogP contribution in [-0.4, -0.2) is 20.4 Å². The first kappa shape index (κ1) is 15.7. The van der Waals surface area contributed by atoms with E-state index in [0.29, 0.717) is 16.5 Å². The van der Waals surface area contributed by atoms with Gasteiger partial charge in [0.15, 0.2) is 11.5 Å². The van der Waals surface area contributed by atoms with E-state index < -0.39 is 0 Å². The fourth-order valence-corrected chi connectivity index (χ4v) is 2.22. The van der Waals surface area contributed by atoms with Crippen LogP contribution in [0.5, 0.6) is 11.5 Å². The van der Waals surface area contributed by atoms with E-state index in [0.717, 1.165) is 15.7 Å². The smallest absolute Gasteiger partial charge is 0.161 e. The standard InChI is InChI=1S/C15H14BrClN2O2/c1-20-14-7-10(13(16)8-15(14)21-2)9-18-19-12-5-3-11(17)4-6-12/h3-9,19H,1-2H3/b18-9-. The highest BCUT2D eigenvalue weighted by Crippen LogP contribution is 2.32. The molecule has 0 amide bonds. The van der Waals surface area contributed by atoms with Crippen molar-refractivity contribution in [2.24, 2.45) is 5.10 Å². The molecule has 4 nitrogen and oxygen atoms in total. The van der Waals surface area contributed by atoms with Gasteiger partial charge >= 0.3 is 0 Å². The first-order chi connectivity index (χ1) is 10.1. The molecule has 0 aliphatic carbocycles. The largest absolute Gasteiger partial charge is 0.493 e. The van der Waals surface area contributed by atoms with Gasteiger partial charge in [-0.25, -0.2) is 0 Å². The molecule has 0 saturated carbocycles. The van der Waals surface area contributed by atoms with E-state index in [1.54, 1.807) is 32.6 Å². The molecule has 0 heterocycles. The summed E-state index contributed by atoms with van der Waals surface area (Å²) in [7, 11) is 3.19. The number of methoxy groups -OCH3 is 2. The molecular formula is C15H14BrClN2O2. The lowest BCUT2D eigenvalue weighted by molar-refractivity contribution is 0.354. The summed E-state index contributed by atoms with van der Waals surface area (Å²) in [5.74, 6) is 1.31. The molecule has 2 aromatic carbocycles. The van der Waals surface area contributed by atoms with Crippen molar-refractivity contribution in [2.75, 3.05) is 19.6 Å². The summed E-state index contributed by atoms with van der Waals surface area (Å²) in [5.41, 5.74) is 4.66. The zero-order valence-electron chi connectivity index (χ0n) is 11.6. The van der Waals surface area contributed by atoms with E-state index in [-0.39, 0.29) is 0 Å². The van der Waals surface area contributed by atoms with Crippen LogP contribution in [0.25, 0.3) is 0 Å². The fourth-order valence-electron chi connectivity index (χ4n) is 1.67. The summed E-state index contributed by atoms with van der Waals surface area (Å²) in [6.45, 7) is 0. The first-order valence-corrected chi connectivity index (χ1v) is 7.27. The Kier molecular flexibility index (Phi) is 5.47. The molecule has 0 atom stereocenters. The zero-order valence-corrected chi connectivity index (χ0v) is 13.9. The average molecular weight is 370 g/mol. The summed E-state index contributed by atoms with van der Waals surface area (Å²) < 4.78 is 11.4. The Morgan fingerprint density at radius 2 is 1.71 bits per heavy atom. The molecule has 110 valence electrons. The lowest BCUT2D eigenvalue weighted by atomic mass is 10.2. The third-order valence-electron chi connectivity index (χ3n) is 2.74. The molecule has 0 aliphatic heterocycles. The highest BCUT2D eigenvalue weighted by Gasteiger charge is 2.07. The van der Waals surface area contributed by atoms with E-state index in [4.69, 9.17) is 21.1 Å². The molecule has 1 N–H and O–H groups in total. The van der Waals surface area contributed by atoms with Crippen molar-refractivity contribution in [1.29, 1.82) is 0 Å². The minimum absolute atomic E-state index is 0.647. The number of hydrogen-bond acceptors (Lipinski definition) is 4. The van der Waals surface area contributed by atoms with E-state index >= 15 is 0 Å². The molecule has 2 rings (SSSR count). The SMILES string of the molecule is COc1cc(Br)c(/C=N\Nc2ccc(Cl)cc2)cc1OC. The third kappa shape index (κ3) is 4.12. The molecule has 0 radical (unpaired) electrons. The van der Waals surface area contributed by atoms with Crippen molar-refractivity contribution in [3.63, 3.8) is 0 Å². The molecule has 0 unspecified atom stereocenters. The van der Waals surface area contributed by atoms with Crippen molar-refractivity contribution in [3.8, 4) is 11.5 Å². The van der Waals surface area contributed by atoms with Crippen LogP contribution < -0.4 is 14.9 Å². The van der Waals surface area contributed by atoms with E-state index in [2.05, 4.69) is 26.5 Å². The van der Waals surface area contributed by atoms with Gasteiger partial charge in [0.25, 0.3) is 0 Å². The molecule has 0 spiro atoms. The van der Waals surface area contributed by atoms with Gasteiger partial charge in [-0.05, 0) is 52.3 Å². The Morgan fingerprint density at radius 1 is 1.10 bits per heavy atom. The summed E-state index contributed by atoms with van der Waals surface area (Å²) in [6.07, 6.45) is 1.70. The number of ether oxygens (including phenoxy) is 2. The third-order valence-corrected chi connectivity index (χ3v) is 3.68. The van der Waals surface area contributed by atoms with E-state index in [1.807, 2.05) is 24.3 Å². The summed E-state index contributed by atoms with van der Waals surface area (Å²) in [5, 5.41) is 4.88. The van der Waals surface area contributed by atoms with Crippen LogP contribution in [0.15, 0.2) is 46.0 Å². The van der Waals surface area contributed by atoms with Crippen LogP contribution in [0, 0.1) is 0 Å². The molecular weight excluding hydrogens is 356 g/mol. The normalized spacial score (nSPS) is 10.7. The van der Waals surface area contributed by atoms with Crippen molar-refractivity contribution >= 4 is 39.4 Å². The Morgan fingerprint density at radius 3 is 2.33 bits per heavy atom. The highest BCUT2D eigenvalue weighted by atomic mass is 79.9.